The minimum Gasteiger partial charge on any atom is -0.494 e. The molecule has 0 saturated heterocycles. The number of hydrogen-bond donors (Lipinski definition) is 2. The van der Waals surface area contributed by atoms with Crippen molar-refractivity contribution in [2.24, 2.45) is 11.3 Å². The van der Waals surface area contributed by atoms with E-state index in [-0.39, 0.29) is 23.0 Å². The van der Waals surface area contributed by atoms with Crippen LogP contribution in [0.2, 0.25) is 0 Å². The lowest BCUT2D eigenvalue weighted by molar-refractivity contribution is 0.235. The highest BCUT2D eigenvalue weighted by Crippen LogP contribution is 2.36. The SMILES string of the molecule is CCC(C)(C)C(NN)c1ccc(OC)c(F)c1. The van der Waals surface area contributed by atoms with Gasteiger partial charge in [-0.1, -0.05) is 26.8 Å². The van der Waals surface area contributed by atoms with Gasteiger partial charge in [-0.25, -0.2) is 4.39 Å². The van der Waals surface area contributed by atoms with Crippen LogP contribution < -0.4 is 16.0 Å². The molecule has 4 heteroatoms. The number of methoxy groups -OCH3 is 1. The van der Waals surface area contributed by atoms with Gasteiger partial charge in [-0.15, -0.1) is 0 Å². The Hall–Kier alpha value is -1.13. The first-order valence-corrected chi connectivity index (χ1v) is 5.75. The Balaban J connectivity index is 3.09. The third kappa shape index (κ3) is 2.96. The zero-order valence-corrected chi connectivity index (χ0v) is 10.9. The van der Waals surface area contributed by atoms with E-state index in [0.29, 0.717) is 0 Å². The lowest BCUT2D eigenvalue weighted by Crippen LogP contribution is -2.38. The highest BCUT2D eigenvalue weighted by Gasteiger charge is 2.28. The minimum atomic E-state index is -0.364. The molecule has 0 spiro atoms. The van der Waals surface area contributed by atoms with Gasteiger partial charge in [-0.3, -0.25) is 11.3 Å². The van der Waals surface area contributed by atoms with Crippen LogP contribution in [0.15, 0.2) is 18.2 Å². The summed E-state index contributed by atoms with van der Waals surface area (Å²) in [6.07, 6.45) is 0.940. The Bertz CT molecular complexity index is 380. The molecule has 1 rings (SSSR count). The monoisotopic (exact) mass is 240 g/mol. The fourth-order valence-corrected chi connectivity index (χ4v) is 1.84. The lowest BCUT2D eigenvalue weighted by Gasteiger charge is -2.33. The summed E-state index contributed by atoms with van der Waals surface area (Å²) in [5.41, 5.74) is 3.55. The minimum absolute atomic E-state index is 0.0459. The largest absolute Gasteiger partial charge is 0.494 e. The van der Waals surface area contributed by atoms with Gasteiger partial charge in [0.1, 0.15) is 0 Å². The van der Waals surface area contributed by atoms with Crippen LogP contribution >= 0.6 is 0 Å². The summed E-state index contributed by atoms with van der Waals surface area (Å²) in [5, 5.41) is 0. The molecule has 0 saturated carbocycles. The molecule has 0 aliphatic heterocycles. The highest BCUT2D eigenvalue weighted by molar-refractivity contribution is 5.31. The van der Waals surface area contributed by atoms with Crippen LogP contribution in [0.5, 0.6) is 5.75 Å². The molecule has 0 radical (unpaired) electrons. The third-order valence-corrected chi connectivity index (χ3v) is 3.37. The predicted molar refractivity (Wildman–Crippen MR) is 67.1 cm³/mol. The van der Waals surface area contributed by atoms with E-state index in [1.807, 2.05) is 6.07 Å². The molecule has 17 heavy (non-hydrogen) atoms. The van der Waals surface area contributed by atoms with Crippen molar-refractivity contribution in [3.8, 4) is 5.75 Å². The van der Waals surface area contributed by atoms with Gasteiger partial charge in [0.05, 0.1) is 13.2 Å². The molecule has 0 aliphatic carbocycles. The zero-order valence-electron chi connectivity index (χ0n) is 10.9. The third-order valence-electron chi connectivity index (χ3n) is 3.37. The Kier molecular flexibility index (Phi) is 4.48. The van der Waals surface area contributed by atoms with Crippen molar-refractivity contribution < 1.29 is 9.13 Å². The van der Waals surface area contributed by atoms with Gasteiger partial charge >= 0.3 is 0 Å². The Labute approximate surface area is 102 Å². The molecule has 1 unspecified atom stereocenters. The van der Waals surface area contributed by atoms with Gasteiger partial charge in [0, 0.05) is 0 Å². The van der Waals surface area contributed by atoms with Gasteiger partial charge < -0.3 is 4.74 Å². The topological polar surface area (TPSA) is 47.3 Å². The summed E-state index contributed by atoms with van der Waals surface area (Å²) in [7, 11) is 1.45. The summed E-state index contributed by atoms with van der Waals surface area (Å²) in [6, 6.07) is 4.85. The van der Waals surface area contributed by atoms with Gasteiger partial charge in [0.2, 0.25) is 0 Å². The first kappa shape index (κ1) is 13.9. The summed E-state index contributed by atoms with van der Waals surface area (Å²) in [5.74, 6) is 5.47. The van der Waals surface area contributed by atoms with Crippen LogP contribution in [0.4, 0.5) is 4.39 Å². The number of hydrazine groups is 1. The van der Waals surface area contributed by atoms with Crippen molar-refractivity contribution in [1.29, 1.82) is 0 Å². The molecule has 3 N–H and O–H groups in total. The van der Waals surface area contributed by atoms with Crippen LogP contribution in [-0.4, -0.2) is 7.11 Å². The molecular weight excluding hydrogens is 219 g/mol. The highest BCUT2D eigenvalue weighted by atomic mass is 19.1. The van der Waals surface area contributed by atoms with Gasteiger partial charge in [0.25, 0.3) is 0 Å². The standard InChI is InChI=1S/C13H21FN2O/c1-5-13(2,3)12(16-15)9-6-7-11(17-4)10(14)8-9/h6-8,12,16H,5,15H2,1-4H3. The van der Waals surface area contributed by atoms with Crippen molar-refractivity contribution in [1.82, 2.24) is 5.43 Å². The van der Waals surface area contributed by atoms with Crippen LogP contribution in [0.3, 0.4) is 0 Å². The van der Waals surface area contributed by atoms with Gasteiger partial charge in [-0.2, -0.15) is 0 Å². The lowest BCUT2D eigenvalue weighted by atomic mass is 9.78. The molecule has 0 aromatic heterocycles. The second-order valence-corrected chi connectivity index (χ2v) is 4.84. The zero-order chi connectivity index (χ0) is 13.1. The molecule has 0 bridgehead atoms. The molecular formula is C13H21FN2O. The molecule has 0 fully saturated rings. The van der Waals surface area contributed by atoms with E-state index in [1.54, 1.807) is 6.07 Å². The molecule has 1 aromatic carbocycles. The van der Waals surface area contributed by atoms with E-state index in [1.165, 1.54) is 13.2 Å². The second-order valence-electron chi connectivity index (χ2n) is 4.84. The maximum Gasteiger partial charge on any atom is 0.165 e. The van der Waals surface area contributed by atoms with E-state index in [4.69, 9.17) is 10.6 Å². The number of ether oxygens (including phenoxy) is 1. The van der Waals surface area contributed by atoms with E-state index in [0.717, 1.165) is 12.0 Å². The molecule has 0 aliphatic rings. The van der Waals surface area contributed by atoms with Crippen molar-refractivity contribution >= 4 is 0 Å². The van der Waals surface area contributed by atoms with Crippen LogP contribution in [0, 0.1) is 11.2 Å². The molecule has 96 valence electrons. The number of nitrogens with one attached hydrogen (secondary N) is 1. The summed E-state index contributed by atoms with van der Waals surface area (Å²) >= 11 is 0. The molecule has 0 amide bonds. The number of halogens is 1. The Morgan fingerprint density at radius 2 is 2.12 bits per heavy atom. The maximum absolute atomic E-state index is 13.6. The van der Waals surface area contributed by atoms with Crippen molar-refractivity contribution in [2.75, 3.05) is 7.11 Å². The predicted octanol–water partition coefficient (Wildman–Crippen LogP) is 2.77. The molecule has 1 aromatic rings. The summed E-state index contributed by atoms with van der Waals surface area (Å²) < 4.78 is 18.5. The number of benzene rings is 1. The average molecular weight is 240 g/mol. The smallest absolute Gasteiger partial charge is 0.165 e. The van der Waals surface area contributed by atoms with Crippen molar-refractivity contribution in [2.45, 2.75) is 33.2 Å². The fraction of sp³-hybridized carbons (Fsp3) is 0.538. The second kappa shape index (κ2) is 5.47. The van der Waals surface area contributed by atoms with E-state index >= 15 is 0 Å². The average Bonchev–Trinajstić information content (AvgIpc) is 2.30. The maximum atomic E-state index is 13.6. The number of rotatable bonds is 5. The van der Waals surface area contributed by atoms with Crippen molar-refractivity contribution in [3.63, 3.8) is 0 Å². The fourth-order valence-electron chi connectivity index (χ4n) is 1.84. The number of hydrogen-bond acceptors (Lipinski definition) is 3. The molecule has 0 heterocycles. The normalized spacial score (nSPS) is 13.5. The van der Waals surface area contributed by atoms with Crippen LogP contribution in [-0.2, 0) is 0 Å². The number of nitrogens with two attached hydrogens (primary N) is 1. The van der Waals surface area contributed by atoms with Crippen LogP contribution in [0.25, 0.3) is 0 Å². The van der Waals surface area contributed by atoms with Gasteiger partial charge in [-0.05, 0) is 29.5 Å². The summed E-state index contributed by atoms with van der Waals surface area (Å²) in [4.78, 5) is 0. The van der Waals surface area contributed by atoms with E-state index in [9.17, 15) is 4.39 Å². The molecule has 3 nitrogen and oxygen atoms in total. The Morgan fingerprint density at radius 1 is 1.47 bits per heavy atom. The molecule has 1 atom stereocenters. The van der Waals surface area contributed by atoms with E-state index in [2.05, 4.69) is 26.2 Å². The summed E-state index contributed by atoms with van der Waals surface area (Å²) in [6.45, 7) is 6.28. The van der Waals surface area contributed by atoms with E-state index < -0.39 is 0 Å². The van der Waals surface area contributed by atoms with Crippen LogP contribution in [0.1, 0.15) is 38.8 Å². The Morgan fingerprint density at radius 3 is 2.53 bits per heavy atom. The quantitative estimate of drug-likeness (QED) is 0.614. The van der Waals surface area contributed by atoms with Gasteiger partial charge in [0.15, 0.2) is 11.6 Å². The first-order valence-electron chi connectivity index (χ1n) is 5.75. The van der Waals surface area contributed by atoms with Crippen molar-refractivity contribution in [3.05, 3.63) is 29.6 Å². The first-order chi connectivity index (χ1) is 7.96.